The molecule has 0 aliphatic heterocycles. The molecule has 0 unspecified atom stereocenters. The molecule has 0 N–H and O–H groups in total. The number of hydrogen-bond acceptors (Lipinski definition) is 4. The van der Waals surface area contributed by atoms with Crippen molar-refractivity contribution in [2.24, 2.45) is 0 Å². The van der Waals surface area contributed by atoms with E-state index in [-0.39, 0.29) is 17.2 Å². The van der Waals surface area contributed by atoms with Gasteiger partial charge in [-0.25, -0.2) is 4.39 Å². The van der Waals surface area contributed by atoms with E-state index in [1.807, 2.05) is 13.0 Å². The maximum Gasteiger partial charge on any atom is 0.198 e. The number of nitrogens with zero attached hydrogens (tertiary/aromatic N) is 3. The smallest absolute Gasteiger partial charge is 0.198 e. The Kier molecular flexibility index (Phi) is 4.78. The summed E-state index contributed by atoms with van der Waals surface area (Å²) in [5, 5.41) is 8.76. The van der Waals surface area contributed by atoms with Gasteiger partial charge in [0.05, 0.1) is 17.0 Å². The van der Waals surface area contributed by atoms with Crippen molar-refractivity contribution in [3.05, 3.63) is 63.8 Å². The average Bonchev–Trinajstić information content (AvgIpc) is 3.17. The van der Waals surface area contributed by atoms with E-state index in [1.54, 1.807) is 23.6 Å². The highest BCUT2D eigenvalue weighted by molar-refractivity contribution is 7.15. The molecule has 2 heterocycles. The molecule has 0 fully saturated rings. The van der Waals surface area contributed by atoms with Gasteiger partial charge < -0.3 is 0 Å². The molecule has 24 heavy (non-hydrogen) atoms. The van der Waals surface area contributed by atoms with Gasteiger partial charge in [0.1, 0.15) is 16.6 Å². The second kappa shape index (κ2) is 6.83. The van der Waals surface area contributed by atoms with Gasteiger partial charge in [-0.15, -0.1) is 33.1 Å². The van der Waals surface area contributed by atoms with Gasteiger partial charge in [0.25, 0.3) is 0 Å². The second-order valence-electron chi connectivity index (χ2n) is 5.23. The maximum absolute atomic E-state index is 14.0. The molecule has 1 aromatic carbocycles. The first-order chi connectivity index (χ1) is 11.6. The van der Waals surface area contributed by atoms with Gasteiger partial charge in [-0.1, -0.05) is 19.1 Å². The number of alkyl halides is 1. The number of aryl methyl sites for hydroxylation is 2. The molecule has 0 spiro atoms. The van der Waals surface area contributed by atoms with Crippen LogP contribution in [0, 0.1) is 12.7 Å². The van der Waals surface area contributed by atoms with Crippen molar-refractivity contribution in [2.45, 2.75) is 26.1 Å². The lowest BCUT2D eigenvalue weighted by Crippen LogP contribution is -2.09. The molecule has 0 aliphatic rings. The number of halogens is 2. The molecular formula is C17H15ClFN3OS. The van der Waals surface area contributed by atoms with Crippen molar-refractivity contribution in [3.8, 4) is 5.00 Å². The molecule has 0 saturated heterocycles. The molecule has 0 amide bonds. The van der Waals surface area contributed by atoms with E-state index in [1.165, 1.54) is 23.5 Å². The van der Waals surface area contributed by atoms with E-state index < -0.39 is 5.82 Å². The summed E-state index contributed by atoms with van der Waals surface area (Å²) in [6, 6.07) is 7.80. The van der Waals surface area contributed by atoms with Crippen LogP contribution in [0.1, 0.15) is 39.4 Å². The largest absolute Gasteiger partial charge is 0.288 e. The van der Waals surface area contributed by atoms with Gasteiger partial charge in [0.2, 0.25) is 0 Å². The highest BCUT2D eigenvalue weighted by atomic mass is 35.5. The predicted molar refractivity (Wildman–Crippen MR) is 92.7 cm³/mol. The lowest BCUT2D eigenvalue weighted by molar-refractivity contribution is 0.103. The van der Waals surface area contributed by atoms with Crippen LogP contribution >= 0.6 is 22.9 Å². The Morgan fingerprint density at radius 3 is 2.71 bits per heavy atom. The Hall–Kier alpha value is -2.05. The van der Waals surface area contributed by atoms with E-state index >= 15 is 0 Å². The summed E-state index contributed by atoms with van der Waals surface area (Å²) in [6.07, 6.45) is 0.777. The minimum Gasteiger partial charge on any atom is -0.288 e. The highest BCUT2D eigenvalue weighted by Gasteiger charge is 2.23. The van der Waals surface area contributed by atoms with Crippen LogP contribution in [0.5, 0.6) is 0 Å². The van der Waals surface area contributed by atoms with E-state index in [9.17, 15) is 9.18 Å². The summed E-state index contributed by atoms with van der Waals surface area (Å²) in [5.74, 6) is 0.482. The number of ketones is 1. The monoisotopic (exact) mass is 363 g/mol. The van der Waals surface area contributed by atoms with Gasteiger partial charge in [-0.2, -0.15) is 0 Å². The minimum atomic E-state index is -0.532. The molecule has 0 bridgehead atoms. The van der Waals surface area contributed by atoms with Crippen molar-refractivity contribution in [3.63, 3.8) is 0 Å². The summed E-state index contributed by atoms with van der Waals surface area (Å²) in [6.45, 7) is 3.81. The van der Waals surface area contributed by atoms with E-state index in [4.69, 9.17) is 11.6 Å². The topological polar surface area (TPSA) is 47.8 Å². The lowest BCUT2D eigenvalue weighted by atomic mass is 10.0. The number of aromatic nitrogens is 3. The number of hydrogen-bond donors (Lipinski definition) is 0. The van der Waals surface area contributed by atoms with Crippen LogP contribution in [0.2, 0.25) is 0 Å². The Bertz CT molecular complexity index is 903. The summed E-state index contributed by atoms with van der Waals surface area (Å²) >= 11 is 7.42. The average molecular weight is 364 g/mol. The zero-order valence-corrected chi connectivity index (χ0v) is 14.8. The first-order valence-corrected chi connectivity index (χ1v) is 8.81. The predicted octanol–water partition coefficient (Wildman–Crippen LogP) is 4.31. The second-order valence-corrected chi connectivity index (χ2v) is 6.61. The number of carbonyl (C=O) groups is 1. The third-order valence-corrected chi connectivity index (χ3v) is 5.19. The minimum absolute atomic E-state index is 0.0531. The molecule has 4 nitrogen and oxygen atoms in total. The summed E-state index contributed by atoms with van der Waals surface area (Å²) < 4.78 is 15.8. The van der Waals surface area contributed by atoms with Crippen LogP contribution in [0.15, 0.2) is 30.3 Å². The van der Waals surface area contributed by atoms with Crippen LogP contribution in [0.25, 0.3) is 5.00 Å². The van der Waals surface area contributed by atoms with Gasteiger partial charge in [-0.3, -0.25) is 9.36 Å². The van der Waals surface area contributed by atoms with Crippen LogP contribution < -0.4 is 0 Å². The molecule has 3 rings (SSSR count). The molecule has 3 aromatic rings. The Morgan fingerprint density at radius 2 is 2.04 bits per heavy atom. The summed E-state index contributed by atoms with van der Waals surface area (Å²) in [4.78, 5) is 13.9. The maximum atomic E-state index is 14.0. The van der Waals surface area contributed by atoms with Crippen LogP contribution in [0.3, 0.4) is 0 Å². The van der Waals surface area contributed by atoms with E-state index in [2.05, 4.69) is 10.2 Å². The quantitative estimate of drug-likeness (QED) is 0.501. The normalized spacial score (nSPS) is 11.0. The van der Waals surface area contributed by atoms with E-state index in [0.717, 1.165) is 11.3 Å². The lowest BCUT2D eigenvalue weighted by Gasteiger charge is -2.08. The fraction of sp³-hybridized carbons (Fsp3) is 0.235. The molecule has 0 radical (unpaired) electrons. The van der Waals surface area contributed by atoms with Crippen molar-refractivity contribution >= 4 is 28.7 Å². The summed E-state index contributed by atoms with van der Waals surface area (Å²) in [7, 11) is 0. The number of thiophene rings is 1. The third-order valence-electron chi connectivity index (χ3n) is 3.69. The number of rotatable bonds is 5. The van der Waals surface area contributed by atoms with Crippen molar-refractivity contribution in [1.82, 2.24) is 14.8 Å². The zero-order chi connectivity index (χ0) is 17.3. The van der Waals surface area contributed by atoms with Crippen molar-refractivity contribution < 1.29 is 9.18 Å². The highest BCUT2D eigenvalue weighted by Crippen LogP contribution is 2.31. The zero-order valence-electron chi connectivity index (χ0n) is 13.2. The van der Waals surface area contributed by atoms with Crippen molar-refractivity contribution in [1.29, 1.82) is 0 Å². The Morgan fingerprint density at radius 1 is 1.29 bits per heavy atom. The van der Waals surface area contributed by atoms with Gasteiger partial charge in [0.15, 0.2) is 11.6 Å². The number of carbonyl (C=O) groups excluding carboxylic acids is 1. The first-order valence-electron chi connectivity index (χ1n) is 7.46. The van der Waals surface area contributed by atoms with Gasteiger partial charge >= 0.3 is 0 Å². The van der Waals surface area contributed by atoms with Gasteiger partial charge in [-0.05, 0) is 31.5 Å². The Labute approximate surface area is 147 Å². The molecule has 0 aliphatic carbocycles. The van der Waals surface area contributed by atoms with Crippen LogP contribution in [0.4, 0.5) is 4.39 Å². The molecule has 0 saturated carbocycles. The third kappa shape index (κ3) is 2.87. The standard InChI is InChI=1S/C17H15ClFN3OS/c1-3-11-8-13(16(23)12-6-4-5-7-14(12)19)17(24-11)22-10(2)20-21-15(22)9-18/h4-8H,3,9H2,1-2H3. The fourth-order valence-corrected chi connectivity index (χ4v) is 3.81. The fourth-order valence-electron chi connectivity index (χ4n) is 2.48. The SMILES string of the molecule is CCc1cc(C(=O)c2ccccc2F)c(-n2c(C)nnc2CCl)s1. The van der Waals surface area contributed by atoms with Crippen LogP contribution in [-0.2, 0) is 12.3 Å². The number of benzene rings is 1. The molecule has 2 aromatic heterocycles. The molecule has 0 atom stereocenters. The molecule has 7 heteroatoms. The first kappa shape index (κ1) is 16.8. The summed E-state index contributed by atoms with van der Waals surface area (Å²) in [5.41, 5.74) is 0.494. The van der Waals surface area contributed by atoms with E-state index in [0.29, 0.717) is 22.2 Å². The van der Waals surface area contributed by atoms with Crippen molar-refractivity contribution in [2.75, 3.05) is 0 Å². The molecule has 124 valence electrons. The molecular weight excluding hydrogens is 349 g/mol. The van der Waals surface area contributed by atoms with Gasteiger partial charge in [0, 0.05) is 4.88 Å². The van der Waals surface area contributed by atoms with Crippen LogP contribution in [-0.4, -0.2) is 20.5 Å². The Balaban J connectivity index is 2.19.